The summed E-state index contributed by atoms with van der Waals surface area (Å²) in [6, 6.07) is 8.31. The maximum Gasteiger partial charge on any atom is 0.241 e. The zero-order valence-electron chi connectivity index (χ0n) is 15.3. The fourth-order valence-corrected chi connectivity index (χ4v) is 4.52. The van der Waals surface area contributed by atoms with E-state index >= 15 is 0 Å². The standard InChI is InChI=1S/C20H30N4O/c1-20(7-8-21-15-20)16-23-12-10-22(11-13-23)14-19(25)24-9-6-17-4-2-3-5-18(17)24/h2-5,21H,6-16H2,1H3. The van der Waals surface area contributed by atoms with Crippen LogP contribution in [0, 0.1) is 5.41 Å². The molecule has 1 amide bonds. The van der Waals surface area contributed by atoms with Gasteiger partial charge in [0.15, 0.2) is 0 Å². The van der Waals surface area contributed by atoms with Gasteiger partial charge in [0.25, 0.3) is 0 Å². The maximum atomic E-state index is 12.7. The molecule has 136 valence electrons. The van der Waals surface area contributed by atoms with E-state index in [1.807, 2.05) is 11.0 Å². The van der Waals surface area contributed by atoms with Crippen LogP contribution in [0.25, 0.3) is 0 Å². The molecule has 3 aliphatic heterocycles. The van der Waals surface area contributed by atoms with Crippen molar-refractivity contribution in [3.8, 4) is 0 Å². The molecule has 2 fully saturated rings. The number of carbonyl (C=O) groups excluding carboxylic acids is 1. The largest absolute Gasteiger partial charge is 0.316 e. The summed E-state index contributed by atoms with van der Waals surface area (Å²) in [5.74, 6) is 0.255. The van der Waals surface area contributed by atoms with Gasteiger partial charge in [-0.2, -0.15) is 0 Å². The molecule has 1 aromatic rings. The van der Waals surface area contributed by atoms with Crippen molar-refractivity contribution < 1.29 is 4.79 Å². The average molecular weight is 342 g/mol. The Bertz CT molecular complexity index is 618. The highest BCUT2D eigenvalue weighted by atomic mass is 16.2. The van der Waals surface area contributed by atoms with Crippen molar-refractivity contribution in [3.05, 3.63) is 29.8 Å². The molecule has 1 N–H and O–H groups in total. The zero-order valence-corrected chi connectivity index (χ0v) is 15.3. The summed E-state index contributed by atoms with van der Waals surface area (Å²) in [6.07, 6.45) is 2.27. The van der Waals surface area contributed by atoms with Crippen molar-refractivity contribution >= 4 is 11.6 Å². The molecule has 3 heterocycles. The first-order valence-corrected chi connectivity index (χ1v) is 9.67. The molecule has 2 saturated heterocycles. The van der Waals surface area contributed by atoms with Gasteiger partial charge in [0.1, 0.15) is 0 Å². The molecule has 25 heavy (non-hydrogen) atoms. The highest BCUT2D eigenvalue weighted by Crippen LogP contribution is 2.28. The summed E-state index contributed by atoms with van der Waals surface area (Å²) in [7, 11) is 0. The van der Waals surface area contributed by atoms with Gasteiger partial charge in [-0.15, -0.1) is 0 Å². The van der Waals surface area contributed by atoms with E-state index in [2.05, 4.69) is 40.2 Å². The maximum absolute atomic E-state index is 12.7. The number of fused-ring (bicyclic) bond motifs is 1. The Morgan fingerprint density at radius 2 is 1.88 bits per heavy atom. The highest BCUT2D eigenvalue weighted by molar-refractivity contribution is 5.96. The van der Waals surface area contributed by atoms with Crippen LogP contribution in [0.4, 0.5) is 5.69 Å². The van der Waals surface area contributed by atoms with Gasteiger partial charge in [-0.25, -0.2) is 0 Å². The number of hydrogen-bond donors (Lipinski definition) is 1. The summed E-state index contributed by atoms with van der Waals surface area (Å²) >= 11 is 0. The highest BCUT2D eigenvalue weighted by Gasteiger charge is 2.32. The monoisotopic (exact) mass is 342 g/mol. The number of rotatable bonds is 4. The zero-order chi connectivity index (χ0) is 17.3. The number of para-hydroxylation sites is 1. The molecule has 1 atom stereocenters. The lowest BCUT2D eigenvalue weighted by molar-refractivity contribution is -0.120. The Morgan fingerprint density at radius 1 is 1.12 bits per heavy atom. The lowest BCUT2D eigenvalue weighted by atomic mass is 9.89. The van der Waals surface area contributed by atoms with Crippen molar-refractivity contribution in [3.63, 3.8) is 0 Å². The van der Waals surface area contributed by atoms with Gasteiger partial charge in [-0.3, -0.25) is 9.69 Å². The van der Waals surface area contributed by atoms with Crippen LogP contribution in [0.1, 0.15) is 18.9 Å². The number of amides is 1. The van der Waals surface area contributed by atoms with E-state index in [0.29, 0.717) is 12.0 Å². The van der Waals surface area contributed by atoms with Gasteiger partial charge in [0.05, 0.1) is 6.54 Å². The number of nitrogens with zero attached hydrogens (tertiary/aromatic N) is 3. The molecule has 1 aromatic carbocycles. The molecule has 0 saturated carbocycles. The number of anilines is 1. The first kappa shape index (κ1) is 17.0. The van der Waals surface area contributed by atoms with Crippen LogP contribution >= 0.6 is 0 Å². The van der Waals surface area contributed by atoms with Gasteiger partial charge in [0, 0.05) is 51.5 Å². The number of hydrogen-bond acceptors (Lipinski definition) is 4. The summed E-state index contributed by atoms with van der Waals surface area (Å²) in [4.78, 5) is 19.6. The molecule has 0 bridgehead atoms. The second kappa shape index (κ2) is 7.06. The minimum absolute atomic E-state index is 0.255. The third-order valence-electron chi connectivity index (χ3n) is 6.07. The van der Waals surface area contributed by atoms with Crippen LogP contribution in [-0.4, -0.2) is 74.6 Å². The molecule has 0 spiro atoms. The van der Waals surface area contributed by atoms with Crippen LogP contribution in [0.15, 0.2) is 24.3 Å². The molecule has 0 aliphatic carbocycles. The Balaban J connectivity index is 1.27. The van der Waals surface area contributed by atoms with Gasteiger partial charge in [-0.1, -0.05) is 25.1 Å². The van der Waals surface area contributed by atoms with Crippen LogP contribution in [0.5, 0.6) is 0 Å². The van der Waals surface area contributed by atoms with E-state index in [-0.39, 0.29) is 5.91 Å². The topological polar surface area (TPSA) is 38.8 Å². The van der Waals surface area contributed by atoms with Crippen molar-refractivity contribution in [2.45, 2.75) is 19.8 Å². The summed E-state index contributed by atoms with van der Waals surface area (Å²) in [6.45, 7) is 11.4. The smallest absolute Gasteiger partial charge is 0.241 e. The lowest BCUT2D eigenvalue weighted by Crippen LogP contribution is -2.52. The quantitative estimate of drug-likeness (QED) is 0.892. The van der Waals surface area contributed by atoms with E-state index < -0.39 is 0 Å². The molecular formula is C20H30N4O. The van der Waals surface area contributed by atoms with Crippen LogP contribution in [-0.2, 0) is 11.2 Å². The van der Waals surface area contributed by atoms with Crippen LogP contribution in [0.2, 0.25) is 0 Å². The molecule has 5 heteroatoms. The number of benzene rings is 1. The van der Waals surface area contributed by atoms with Crippen molar-refractivity contribution in [1.82, 2.24) is 15.1 Å². The van der Waals surface area contributed by atoms with E-state index in [0.717, 1.165) is 57.9 Å². The third-order valence-corrected chi connectivity index (χ3v) is 6.07. The molecular weight excluding hydrogens is 312 g/mol. The predicted molar refractivity (Wildman–Crippen MR) is 101 cm³/mol. The first-order valence-electron chi connectivity index (χ1n) is 9.67. The van der Waals surface area contributed by atoms with Gasteiger partial charge >= 0.3 is 0 Å². The van der Waals surface area contributed by atoms with Crippen LogP contribution < -0.4 is 10.2 Å². The number of carbonyl (C=O) groups is 1. The molecule has 0 aromatic heterocycles. The lowest BCUT2D eigenvalue weighted by Gasteiger charge is -2.38. The number of piperazine rings is 1. The SMILES string of the molecule is CC1(CN2CCN(CC(=O)N3CCc4ccccc43)CC2)CCNC1. The fraction of sp³-hybridized carbons (Fsp3) is 0.650. The van der Waals surface area contributed by atoms with Gasteiger partial charge in [-0.05, 0) is 36.4 Å². The molecule has 0 radical (unpaired) electrons. The van der Waals surface area contributed by atoms with E-state index in [1.54, 1.807) is 0 Å². The van der Waals surface area contributed by atoms with Gasteiger partial charge < -0.3 is 15.1 Å². The Kier molecular flexibility index (Phi) is 4.80. The Morgan fingerprint density at radius 3 is 2.64 bits per heavy atom. The van der Waals surface area contributed by atoms with Gasteiger partial charge in [0.2, 0.25) is 5.91 Å². The Hall–Kier alpha value is -1.43. The van der Waals surface area contributed by atoms with Crippen LogP contribution in [0.3, 0.4) is 0 Å². The molecule has 3 aliphatic rings. The van der Waals surface area contributed by atoms with E-state index in [1.165, 1.54) is 18.5 Å². The average Bonchev–Trinajstić information content (AvgIpc) is 3.23. The summed E-state index contributed by atoms with van der Waals surface area (Å²) in [5.41, 5.74) is 2.85. The fourth-order valence-electron chi connectivity index (χ4n) is 4.52. The normalized spacial score (nSPS) is 27.6. The minimum atomic E-state index is 0.255. The molecule has 4 rings (SSSR count). The van der Waals surface area contributed by atoms with E-state index in [4.69, 9.17) is 0 Å². The minimum Gasteiger partial charge on any atom is -0.316 e. The summed E-state index contributed by atoms with van der Waals surface area (Å²) < 4.78 is 0. The van der Waals surface area contributed by atoms with E-state index in [9.17, 15) is 4.79 Å². The van der Waals surface area contributed by atoms with Crippen molar-refractivity contribution in [2.24, 2.45) is 5.41 Å². The first-order chi connectivity index (χ1) is 12.1. The van der Waals surface area contributed by atoms with Crippen molar-refractivity contribution in [1.29, 1.82) is 0 Å². The van der Waals surface area contributed by atoms with Crippen molar-refractivity contribution in [2.75, 3.05) is 63.8 Å². The molecule has 5 nitrogen and oxygen atoms in total. The third kappa shape index (κ3) is 3.73. The second-order valence-corrected chi connectivity index (χ2v) is 8.21. The molecule has 1 unspecified atom stereocenters. The Labute approximate surface area is 151 Å². The summed E-state index contributed by atoms with van der Waals surface area (Å²) in [5, 5.41) is 3.49. The number of nitrogens with one attached hydrogen (secondary N) is 1. The second-order valence-electron chi connectivity index (χ2n) is 8.21. The predicted octanol–water partition coefficient (Wildman–Crippen LogP) is 1.19.